The van der Waals surface area contributed by atoms with Crippen LogP contribution in [0.15, 0.2) is 12.7 Å². The Labute approximate surface area is 317 Å². The molecule has 0 bridgehead atoms. The van der Waals surface area contributed by atoms with Crippen LogP contribution in [0.1, 0.15) is 68.2 Å². The lowest BCUT2D eigenvalue weighted by Gasteiger charge is -2.46. The van der Waals surface area contributed by atoms with Crippen LogP contribution < -0.4 is 5.73 Å². The van der Waals surface area contributed by atoms with E-state index < -0.39 is 105 Å². The zero-order valence-electron chi connectivity index (χ0n) is 32.1. The number of esters is 4. The van der Waals surface area contributed by atoms with E-state index in [2.05, 4.69) is 15.0 Å². The van der Waals surface area contributed by atoms with Crippen molar-refractivity contribution in [3.8, 4) is 0 Å². The minimum atomic E-state index is -4.34. The van der Waals surface area contributed by atoms with Crippen molar-refractivity contribution in [2.75, 3.05) is 32.2 Å². The maximum absolute atomic E-state index is 15.8. The maximum Gasteiger partial charge on any atom is 0.325 e. The Kier molecular flexibility index (Phi) is 14.7. The van der Waals surface area contributed by atoms with Gasteiger partial charge in [-0.2, -0.15) is 0 Å². The molecule has 2 aromatic rings. The Hall–Kier alpha value is -3.82. The molecule has 0 aliphatic carbocycles. The molecule has 1 unspecified atom stereocenters. The summed E-state index contributed by atoms with van der Waals surface area (Å²) < 4.78 is 65.1. The van der Waals surface area contributed by atoms with E-state index in [4.69, 9.17) is 43.4 Å². The number of rotatable bonds is 17. The Balaban J connectivity index is 1.66. The second-order valence-electron chi connectivity index (χ2n) is 13.6. The first-order valence-electron chi connectivity index (χ1n) is 17.7. The highest BCUT2D eigenvalue weighted by molar-refractivity contribution is 7.57. The van der Waals surface area contributed by atoms with Crippen LogP contribution in [-0.2, 0) is 66.9 Å². The molecule has 21 nitrogen and oxygen atoms in total. The third-order valence-corrected chi connectivity index (χ3v) is 12.2. The minimum absolute atomic E-state index is 0.0305. The molecule has 2 aliphatic rings. The van der Waals surface area contributed by atoms with Gasteiger partial charge in [-0.25, -0.2) is 19.6 Å². The third-order valence-electron chi connectivity index (χ3n) is 8.75. The molecule has 4 rings (SSSR count). The summed E-state index contributed by atoms with van der Waals surface area (Å²) in [4.78, 5) is 60.8. The number of hydrogen-bond donors (Lipinski definition) is 3. The summed E-state index contributed by atoms with van der Waals surface area (Å²) in [6.45, 7) is 10.3. The van der Waals surface area contributed by atoms with Gasteiger partial charge >= 0.3 is 31.4 Å². The largest absolute Gasteiger partial charge is 0.463 e. The number of carbonyl (C=O) groups is 4. The summed E-state index contributed by atoms with van der Waals surface area (Å²) in [5.41, 5.74) is 4.46. The molecule has 2 fully saturated rings. The quantitative estimate of drug-likeness (QED) is 0.0870. The van der Waals surface area contributed by atoms with E-state index in [1.807, 2.05) is 27.7 Å². The lowest BCUT2D eigenvalue weighted by Crippen LogP contribution is -2.63. The number of aromatic nitrogens is 4. The van der Waals surface area contributed by atoms with E-state index in [9.17, 15) is 29.4 Å². The molecule has 0 aromatic carbocycles. The Bertz CT molecular complexity index is 1720. The van der Waals surface area contributed by atoms with Crippen molar-refractivity contribution in [2.24, 2.45) is 0 Å². The van der Waals surface area contributed by atoms with E-state index >= 15 is 4.57 Å². The summed E-state index contributed by atoms with van der Waals surface area (Å²) in [7, 11) is -4.34. The van der Waals surface area contributed by atoms with Crippen LogP contribution in [0.5, 0.6) is 0 Å². The van der Waals surface area contributed by atoms with Gasteiger partial charge in [0.15, 0.2) is 36.1 Å². The summed E-state index contributed by atoms with van der Waals surface area (Å²) in [6, 6.07) is -0.806. The molecule has 4 heterocycles. The molecule has 0 radical (unpaired) electrons. The molecule has 22 heteroatoms. The minimum Gasteiger partial charge on any atom is -0.463 e. The van der Waals surface area contributed by atoms with Gasteiger partial charge in [-0.1, -0.05) is 0 Å². The number of fused-ring (bicyclic) bond motifs is 1. The molecule has 9 atom stereocenters. The van der Waals surface area contributed by atoms with E-state index in [0.717, 1.165) is 27.7 Å². The van der Waals surface area contributed by atoms with E-state index in [-0.39, 0.29) is 43.0 Å². The third kappa shape index (κ3) is 9.60. The summed E-state index contributed by atoms with van der Waals surface area (Å²) in [6.07, 6.45) is -7.05. The molecule has 0 spiro atoms. The van der Waals surface area contributed by atoms with Crippen molar-refractivity contribution < 1.29 is 71.6 Å². The second kappa shape index (κ2) is 18.4. The van der Waals surface area contributed by atoms with Crippen molar-refractivity contribution in [3.05, 3.63) is 12.7 Å². The van der Waals surface area contributed by atoms with Gasteiger partial charge in [0.25, 0.3) is 0 Å². The van der Waals surface area contributed by atoms with Crippen LogP contribution in [0.4, 0.5) is 5.82 Å². The fourth-order valence-corrected chi connectivity index (χ4v) is 10.2. The number of nitrogen functional groups attached to an aromatic ring is 1. The smallest absolute Gasteiger partial charge is 0.325 e. The van der Waals surface area contributed by atoms with Crippen LogP contribution in [0.25, 0.3) is 11.2 Å². The summed E-state index contributed by atoms with van der Waals surface area (Å²) in [5.74, 6) is -2.99. The van der Waals surface area contributed by atoms with Gasteiger partial charge in [0.1, 0.15) is 37.0 Å². The molecule has 2 aromatic heterocycles. The van der Waals surface area contributed by atoms with Gasteiger partial charge in [0.2, 0.25) is 5.47 Å². The lowest BCUT2D eigenvalue weighted by molar-refractivity contribution is -0.308. The SMILES string of the molecule is CC(=O)OC[C@H]1O[C@@H](OCCCOP(=O)(N(C(C)C)C(C)C)[C@]2(n3cnc4c(N)ncnc43)C[C@H](O)[C@@H](CO)O2)[C@H](OC(C)=O)[C@@H](OC(C)=O)[C@@H]1OC(C)=O. The van der Waals surface area contributed by atoms with Gasteiger partial charge in [-0.3, -0.25) is 28.3 Å². The number of carbonyl (C=O) groups excluding carboxylic acids is 4. The first-order valence-corrected chi connectivity index (χ1v) is 19.3. The van der Waals surface area contributed by atoms with Gasteiger partial charge in [-0.05, 0) is 34.1 Å². The van der Waals surface area contributed by atoms with Crippen molar-refractivity contribution in [1.29, 1.82) is 0 Å². The number of anilines is 1. The molecule has 2 aliphatic heterocycles. The fraction of sp³-hybridized carbons (Fsp3) is 0.727. The highest BCUT2D eigenvalue weighted by atomic mass is 31.2. The van der Waals surface area contributed by atoms with Gasteiger partial charge in [-0.15, -0.1) is 0 Å². The van der Waals surface area contributed by atoms with Crippen LogP contribution in [-0.4, -0.2) is 140 Å². The standard InChI is InChI=1S/C33H51N6O15P/c1-17(2)39(18(3)4)55(46,33(12-23(45)24(13-40)54-33)38-16-37-26-30(34)35-15-36-31(26)38)49-11-9-10-47-32-29(52-22(8)44)28(51-21(7)43)27(50-20(6)42)25(53-32)14-48-19(5)41/h15-18,23-25,27-29,32,40,45H,9-14H2,1-8H3,(H2,34,35,36)/t23-,24+,25+,27+,28-,29+,32+,33-,55?/m0/s1. The first kappa shape index (κ1) is 43.9. The second-order valence-corrected chi connectivity index (χ2v) is 16.1. The Morgan fingerprint density at radius 2 is 1.56 bits per heavy atom. The van der Waals surface area contributed by atoms with Crippen molar-refractivity contribution in [1.82, 2.24) is 24.2 Å². The molecular formula is C33H51N6O15P. The van der Waals surface area contributed by atoms with Gasteiger partial charge in [0.05, 0.1) is 25.9 Å². The maximum atomic E-state index is 15.8. The van der Waals surface area contributed by atoms with Crippen LogP contribution in [0, 0.1) is 0 Å². The Morgan fingerprint density at radius 3 is 2.13 bits per heavy atom. The van der Waals surface area contributed by atoms with Crippen molar-refractivity contribution in [3.63, 3.8) is 0 Å². The van der Waals surface area contributed by atoms with E-state index in [1.165, 1.54) is 17.2 Å². The van der Waals surface area contributed by atoms with E-state index in [0.29, 0.717) is 0 Å². The number of nitrogens with zero attached hydrogens (tertiary/aromatic N) is 5. The average molecular weight is 803 g/mol. The van der Waals surface area contributed by atoms with Gasteiger partial charge < -0.3 is 53.6 Å². The molecule has 308 valence electrons. The highest BCUT2D eigenvalue weighted by Gasteiger charge is 2.64. The number of nitrogens with two attached hydrogens (primary N) is 1. The van der Waals surface area contributed by atoms with Gasteiger partial charge in [0, 0.05) is 46.2 Å². The number of ether oxygens (including phenoxy) is 7. The predicted molar refractivity (Wildman–Crippen MR) is 188 cm³/mol. The number of hydrogen-bond acceptors (Lipinski definition) is 19. The zero-order valence-corrected chi connectivity index (χ0v) is 33.0. The summed E-state index contributed by atoms with van der Waals surface area (Å²) in [5, 5.41) is 21.3. The molecule has 55 heavy (non-hydrogen) atoms. The number of imidazole rings is 1. The number of aliphatic hydroxyl groups excluding tert-OH is 2. The fourth-order valence-electron chi connectivity index (χ4n) is 6.84. The number of aliphatic hydroxyl groups is 2. The van der Waals surface area contributed by atoms with Crippen molar-refractivity contribution in [2.45, 2.75) is 129 Å². The zero-order chi connectivity index (χ0) is 40.8. The molecule has 0 saturated carbocycles. The van der Waals surface area contributed by atoms with Crippen LogP contribution in [0.3, 0.4) is 0 Å². The molecule has 0 amide bonds. The van der Waals surface area contributed by atoms with Crippen LogP contribution >= 0.6 is 7.52 Å². The molecule has 4 N–H and O–H groups in total. The predicted octanol–water partition coefficient (Wildman–Crippen LogP) is 0.979. The molecular weight excluding hydrogens is 751 g/mol. The first-order chi connectivity index (χ1) is 25.9. The normalized spacial score (nSPS) is 28.0. The summed E-state index contributed by atoms with van der Waals surface area (Å²) >= 11 is 0. The average Bonchev–Trinajstić information content (AvgIpc) is 3.67. The highest BCUT2D eigenvalue weighted by Crippen LogP contribution is 2.70. The molecule has 2 saturated heterocycles. The van der Waals surface area contributed by atoms with E-state index in [1.54, 1.807) is 4.67 Å². The van der Waals surface area contributed by atoms with Crippen molar-refractivity contribution >= 4 is 48.4 Å². The lowest BCUT2D eigenvalue weighted by atomic mass is 9.98. The van der Waals surface area contributed by atoms with Crippen LogP contribution in [0.2, 0.25) is 0 Å². The monoisotopic (exact) mass is 802 g/mol. The topological polar surface area (TPSA) is 273 Å². The Morgan fingerprint density at radius 1 is 0.945 bits per heavy atom.